The number of rotatable bonds is 7. The van der Waals surface area contributed by atoms with Crippen molar-refractivity contribution in [1.29, 1.82) is 0 Å². The molecule has 176 valence electrons. The molecule has 0 radical (unpaired) electrons. The van der Waals surface area contributed by atoms with Gasteiger partial charge >= 0.3 is 11.6 Å². The Bertz CT molecular complexity index is 1440. The van der Waals surface area contributed by atoms with Gasteiger partial charge in [-0.15, -0.1) is 0 Å². The molecule has 0 saturated carbocycles. The minimum atomic E-state index is -0.754. The Labute approximate surface area is 202 Å². The molecule has 0 aliphatic rings. The largest absolute Gasteiger partial charge is 0.423 e. The summed E-state index contributed by atoms with van der Waals surface area (Å²) in [4.78, 5) is 38.0. The summed E-state index contributed by atoms with van der Waals surface area (Å²) >= 11 is 0. The monoisotopic (exact) mass is 467 g/mol. The van der Waals surface area contributed by atoms with E-state index in [0.29, 0.717) is 16.5 Å². The van der Waals surface area contributed by atoms with Crippen molar-refractivity contribution in [3.63, 3.8) is 0 Å². The van der Waals surface area contributed by atoms with Crippen molar-refractivity contribution < 1.29 is 18.7 Å². The molecule has 4 rings (SSSR count). The molecule has 0 spiro atoms. The molecule has 1 unspecified atom stereocenters. The molecular formula is C29H25NO5. The van der Waals surface area contributed by atoms with Gasteiger partial charge in [0.2, 0.25) is 0 Å². The third-order valence-electron chi connectivity index (χ3n) is 5.57. The van der Waals surface area contributed by atoms with E-state index in [1.807, 2.05) is 74.5 Å². The van der Waals surface area contributed by atoms with Gasteiger partial charge in [-0.2, -0.15) is 0 Å². The number of fused-ring (bicyclic) bond motifs is 1. The second-order valence-electron chi connectivity index (χ2n) is 8.15. The first kappa shape index (κ1) is 23.7. The molecule has 1 atom stereocenters. The van der Waals surface area contributed by atoms with E-state index >= 15 is 0 Å². The lowest BCUT2D eigenvalue weighted by Gasteiger charge is -2.11. The van der Waals surface area contributed by atoms with E-state index in [1.54, 1.807) is 18.2 Å². The first-order valence-corrected chi connectivity index (χ1v) is 11.4. The Morgan fingerprint density at radius 1 is 0.971 bits per heavy atom. The molecule has 4 aromatic rings. The Morgan fingerprint density at radius 2 is 1.66 bits per heavy atom. The average Bonchev–Trinajstić information content (AvgIpc) is 2.87. The van der Waals surface area contributed by atoms with Crippen molar-refractivity contribution in [2.24, 2.45) is 0 Å². The predicted octanol–water partition coefficient (Wildman–Crippen LogP) is 5.47. The van der Waals surface area contributed by atoms with Crippen LogP contribution in [0.2, 0.25) is 0 Å². The van der Waals surface area contributed by atoms with Crippen LogP contribution in [0.4, 0.5) is 0 Å². The number of amides is 1. The van der Waals surface area contributed by atoms with Crippen LogP contribution in [0.15, 0.2) is 94.1 Å². The maximum absolute atomic E-state index is 13.2. The van der Waals surface area contributed by atoms with E-state index < -0.39 is 17.5 Å². The second-order valence-corrected chi connectivity index (χ2v) is 8.15. The van der Waals surface area contributed by atoms with Crippen LogP contribution in [0.25, 0.3) is 22.6 Å². The zero-order valence-corrected chi connectivity index (χ0v) is 19.5. The highest BCUT2D eigenvalue weighted by Crippen LogP contribution is 2.25. The van der Waals surface area contributed by atoms with Crippen molar-refractivity contribution in [3.8, 4) is 5.75 Å². The second kappa shape index (κ2) is 10.7. The quantitative estimate of drug-likeness (QED) is 0.128. The summed E-state index contributed by atoms with van der Waals surface area (Å²) in [5.74, 6) is -0.812. The molecule has 1 aromatic heterocycles. The molecule has 0 saturated heterocycles. The van der Waals surface area contributed by atoms with Gasteiger partial charge in [-0.25, -0.2) is 9.59 Å². The van der Waals surface area contributed by atoms with Gasteiger partial charge in [0.25, 0.3) is 5.91 Å². The minimum absolute atomic E-state index is 0.0675. The van der Waals surface area contributed by atoms with Gasteiger partial charge in [0.15, 0.2) is 0 Å². The number of benzene rings is 3. The zero-order chi connectivity index (χ0) is 24.8. The number of esters is 1. The smallest absolute Gasteiger partial charge is 0.349 e. The number of hydrogen-bond donors (Lipinski definition) is 1. The first-order chi connectivity index (χ1) is 16.9. The number of carbonyl (C=O) groups excluding carboxylic acids is 2. The fourth-order valence-electron chi connectivity index (χ4n) is 3.47. The van der Waals surface area contributed by atoms with E-state index in [0.717, 1.165) is 12.0 Å². The van der Waals surface area contributed by atoms with Gasteiger partial charge in [0, 0.05) is 17.5 Å². The van der Waals surface area contributed by atoms with Gasteiger partial charge in [-0.05, 0) is 48.7 Å². The lowest BCUT2D eigenvalue weighted by Crippen LogP contribution is -2.34. The van der Waals surface area contributed by atoms with Crippen molar-refractivity contribution in [2.75, 3.05) is 0 Å². The highest BCUT2D eigenvalue weighted by Gasteiger charge is 2.18. The van der Waals surface area contributed by atoms with Gasteiger partial charge < -0.3 is 14.5 Å². The Morgan fingerprint density at radius 3 is 2.34 bits per heavy atom. The van der Waals surface area contributed by atoms with Crippen LogP contribution in [-0.4, -0.2) is 17.9 Å². The Kier molecular flexibility index (Phi) is 7.21. The third-order valence-corrected chi connectivity index (χ3v) is 5.57. The zero-order valence-electron chi connectivity index (χ0n) is 19.5. The summed E-state index contributed by atoms with van der Waals surface area (Å²) in [7, 11) is 0. The topological polar surface area (TPSA) is 85.6 Å². The van der Waals surface area contributed by atoms with Crippen LogP contribution in [0.5, 0.6) is 5.75 Å². The van der Waals surface area contributed by atoms with Crippen LogP contribution in [-0.2, 0) is 4.79 Å². The van der Waals surface area contributed by atoms with Crippen molar-refractivity contribution in [2.45, 2.75) is 26.3 Å². The van der Waals surface area contributed by atoms with E-state index in [-0.39, 0.29) is 22.9 Å². The fourth-order valence-corrected chi connectivity index (χ4v) is 3.47. The summed E-state index contributed by atoms with van der Waals surface area (Å²) in [6, 6.07) is 24.8. The molecule has 0 aliphatic carbocycles. The maximum atomic E-state index is 13.2. The molecule has 1 N–H and O–H groups in total. The fraction of sp³-hybridized carbons (Fsp3) is 0.138. The van der Waals surface area contributed by atoms with Crippen LogP contribution in [0, 0.1) is 0 Å². The van der Waals surface area contributed by atoms with Crippen LogP contribution in [0.3, 0.4) is 0 Å². The normalized spacial score (nSPS) is 12.2. The molecule has 6 nitrogen and oxygen atoms in total. The molecule has 0 bridgehead atoms. The number of hydrogen-bond acceptors (Lipinski definition) is 5. The molecule has 0 fully saturated rings. The van der Waals surface area contributed by atoms with Crippen LogP contribution >= 0.6 is 0 Å². The summed E-state index contributed by atoms with van der Waals surface area (Å²) in [6.07, 6.45) is 2.50. The molecule has 3 aromatic carbocycles. The average molecular weight is 468 g/mol. The van der Waals surface area contributed by atoms with Crippen molar-refractivity contribution in [1.82, 2.24) is 5.32 Å². The predicted molar refractivity (Wildman–Crippen MR) is 136 cm³/mol. The van der Waals surface area contributed by atoms with Crippen LogP contribution < -0.4 is 15.7 Å². The SMILES string of the molecule is CCC(C)NC(=O)c1cc2ccc(OC(=O)/C(=C/c3ccccc3)c3ccccc3)cc2oc1=O. The van der Waals surface area contributed by atoms with Gasteiger partial charge in [-0.3, -0.25) is 4.79 Å². The summed E-state index contributed by atoms with van der Waals surface area (Å²) in [5.41, 5.74) is 1.35. The van der Waals surface area contributed by atoms with E-state index in [9.17, 15) is 14.4 Å². The van der Waals surface area contributed by atoms with Crippen molar-refractivity contribution in [3.05, 3.63) is 112 Å². The maximum Gasteiger partial charge on any atom is 0.349 e. The summed E-state index contributed by atoms with van der Waals surface area (Å²) in [5, 5.41) is 3.31. The molecule has 35 heavy (non-hydrogen) atoms. The van der Waals surface area contributed by atoms with E-state index in [2.05, 4.69) is 5.32 Å². The van der Waals surface area contributed by atoms with E-state index in [4.69, 9.17) is 9.15 Å². The summed E-state index contributed by atoms with van der Waals surface area (Å²) < 4.78 is 11.0. The van der Waals surface area contributed by atoms with Gasteiger partial charge in [-0.1, -0.05) is 67.6 Å². The highest BCUT2D eigenvalue weighted by atomic mass is 16.5. The number of ether oxygens (including phenoxy) is 1. The minimum Gasteiger partial charge on any atom is -0.423 e. The third kappa shape index (κ3) is 5.73. The molecule has 6 heteroatoms. The van der Waals surface area contributed by atoms with Crippen LogP contribution in [0.1, 0.15) is 41.8 Å². The molecular weight excluding hydrogens is 442 g/mol. The number of carbonyl (C=O) groups is 2. The molecule has 0 aliphatic heterocycles. The lowest BCUT2D eigenvalue weighted by molar-refractivity contribution is -0.127. The Hall–Kier alpha value is -4.45. The molecule has 1 heterocycles. The Balaban J connectivity index is 1.63. The molecule has 1 amide bonds. The van der Waals surface area contributed by atoms with Gasteiger partial charge in [0.1, 0.15) is 16.9 Å². The standard InChI is InChI=1S/C29H25NO5/c1-3-19(2)30-27(31)25-17-22-14-15-23(18-26(22)35-29(25)33)34-28(32)24(21-12-8-5-9-13-21)16-20-10-6-4-7-11-20/h4-19H,3H2,1-2H3,(H,30,31)/b24-16+. The van der Waals surface area contributed by atoms with E-state index in [1.165, 1.54) is 12.1 Å². The summed E-state index contributed by atoms with van der Waals surface area (Å²) in [6.45, 7) is 3.80. The van der Waals surface area contributed by atoms with Gasteiger partial charge in [0.05, 0.1) is 5.57 Å². The number of nitrogens with one attached hydrogen (secondary N) is 1. The first-order valence-electron chi connectivity index (χ1n) is 11.4. The highest BCUT2D eigenvalue weighted by molar-refractivity contribution is 6.22. The van der Waals surface area contributed by atoms with Crippen molar-refractivity contribution >= 4 is 34.5 Å². The lowest BCUT2D eigenvalue weighted by atomic mass is 10.0.